The second-order valence-electron chi connectivity index (χ2n) is 9.39. The zero-order valence-electron chi connectivity index (χ0n) is 18.7. The van der Waals surface area contributed by atoms with Gasteiger partial charge >= 0.3 is 0 Å². The maximum atomic E-state index is 13.7. The Morgan fingerprint density at radius 1 is 0.844 bits per heavy atom. The molecular weight excluding hydrogens is 422 g/mol. The highest BCUT2D eigenvalue weighted by molar-refractivity contribution is 6.30. The molecule has 1 saturated carbocycles. The van der Waals surface area contributed by atoms with Gasteiger partial charge in [-0.05, 0) is 97.1 Å². The van der Waals surface area contributed by atoms with Gasteiger partial charge in [-0.25, -0.2) is 8.78 Å². The lowest BCUT2D eigenvalue weighted by Crippen LogP contribution is -2.14. The molecule has 0 saturated heterocycles. The molecule has 0 aliphatic heterocycles. The molecule has 1 fully saturated rings. The number of rotatable bonds is 7. The first-order chi connectivity index (χ1) is 15.5. The second-order valence-corrected chi connectivity index (χ2v) is 9.77. The summed E-state index contributed by atoms with van der Waals surface area (Å²) in [5, 5.41) is -0.408. The quantitative estimate of drug-likeness (QED) is 0.314. The van der Waals surface area contributed by atoms with Crippen molar-refractivity contribution < 1.29 is 8.78 Å². The van der Waals surface area contributed by atoms with E-state index in [9.17, 15) is 8.78 Å². The smallest absolute Gasteiger partial charge is 0.145 e. The molecule has 168 valence electrons. The van der Waals surface area contributed by atoms with Gasteiger partial charge in [0.15, 0.2) is 0 Å². The van der Waals surface area contributed by atoms with E-state index in [0.717, 1.165) is 12.8 Å². The van der Waals surface area contributed by atoms with Gasteiger partial charge in [-0.2, -0.15) is 0 Å². The van der Waals surface area contributed by atoms with Crippen LogP contribution in [0.5, 0.6) is 0 Å². The Hall–Kier alpha value is -2.19. The molecule has 3 heteroatoms. The largest absolute Gasteiger partial charge is 0.205 e. The van der Waals surface area contributed by atoms with Crippen LogP contribution >= 0.6 is 11.6 Å². The predicted octanol–water partition coefficient (Wildman–Crippen LogP) is 8.87. The van der Waals surface area contributed by atoms with Gasteiger partial charge in [0.2, 0.25) is 0 Å². The van der Waals surface area contributed by atoms with Gasteiger partial charge in [0, 0.05) is 0 Å². The first kappa shape index (κ1) is 23.0. The monoisotopic (exact) mass is 452 g/mol. The van der Waals surface area contributed by atoms with Crippen LogP contribution in [-0.2, 0) is 12.8 Å². The highest BCUT2D eigenvalue weighted by Crippen LogP contribution is 2.38. The Morgan fingerprint density at radius 3 is 2.09 bits per heavy atom. The number of hydrogen-bond acceptors (Lipinski definition) is 0. The van der Waals surface area contributed by atoms with Gasteiger partial charge < -0.3 is 0 Å². The van der Waals surface area contributed by atoms with Crippen molar-refractivity contribution in [3.8, 4) is 0 Å². The van der Waals surface area contributed by atoms with Crippen molar-refractivity contribution in [2.24, 2.45) is 5.92 Å². The molecular formula is C29H31ClF2. The maximum Gasteiger partial charge on any atom is 0.145 e. The zero-order chi connectivity index (χ0) is 22.5. The fourth-order valence-electron chi connectivity index (χ4n) is 5.09. The van der Waals surface area contributed by atoms with Crippen LogP contribution in [0, 0.1) is 17.6 Å². The highest BCUT2D eigenvalue weighted by atomic mass is 35.5. The lowest BCUT2D eigenvalue weighted by Gasteiger charge is -2.29. The standard InChI is InChI=1S/C29H31ClF2/c1-20(24-5-3-2-4-6-24)17-22-11-15-26(16-12-22)25-13-9-21(10-14-25)7-8-23-18-27(31)29(30)28(32)19-23/h2-6,11-12,15-16,18-21,25H,7-10,13-14,17H2,1H3/t20-,21?,25?/m1/s1. The Balaban J connectivity index is 1.26. The van der Waals surface area contributed by atoms with E-state index in [0.29, 0.717) is 29.7 Å². The van der Waals surface area contributed by atoms with E-state index in [1.165, 1.54) is 54.5 Å². The van der Waals surface area contributed by atoms with Crippen LogP contribution in [-0.4, -0.2) is 0 Å². The molecule has 0 radical (unpaired) electrons. The summed E-state index contributed by atoms with van der Waals surface area (Å²) in [6, 6.07) is 22.7. The summed E-state index contributed by atoms with van der Waals surface area (Å²) >= 11 is 5.59. The third-order valence-corrected chi connectivity index (χ3v) is 7.45. The van der Waals surface area contributed by atoms with E-state index in [4.69, 9.17) is 11.6 Å². The summed E-state index contributed by atoms with van der Waals surface area (Å²) in [5.74, 6) is 0.440. The molecule has 0 unspecified atom stereocenters. The van der Waals surface area contributed by atoms with Crippen LogP contribution in [0.4, 0.5) is 8.78 Å². The van der Waals surface area contributed by atoms with Gasteiger partial charge in [-0.1, -0.05) is 73.1 Å². The normalized spacial score (nSPS) is 19.6. The minimum absolute atomic E-state index is 0.408. The first-order valence-corrected chi connectivity index (χ1v) is 12.1. The second kappa shape index (κ2) is 10.6. The van der Waals surface area contributed by atoms with E-state index in [1.54, 1.807) is 0 Å². The van der Waals surface area contributed by atoms with Gasteiger partial charge in [-0.3, -0.25) is 0 Å². The van der Waals surface area contributed by atoms with Crippen molar-refractivity contribution in [1.82, 2.24) is 0 Å². The van der Waals surface area contributed by atoms with Gasteiger partial charge in [0.1, 0.15) is 16.7 Å². The van der Waals surface area contributed by atoms with Gasteiger partial charge in [0.25, 0.3) is 0 Å². The molecule has 0 spiro atoms. The topological polar surface area (TPSA) is 0 Å². The Kier molecular flexibility index (Phi) is 7.63. The molecule has 4 rings (SSSR count). The molecule has 0 aromatic heterocycles. The van der Waals surface area contributed by atoms with Crippen LogP contribution in [0.3, 0.4) is 0 Å². The molecule has 1 aliphatic carbocycles. The minimum Gasteiger partial charge on any atom is -0.205 e. The summed E-state index contributed by atoms with van der Waals surface area (Å²) in [5.41, 5.74) is 4.92. The van der Waals surface area contributed by atoms with E-state index in [1.807, 2.05) is 0 Å². The third-order valence-electron chi connectivity index (χ3n) is 7.09. The van der Waals surface area contributed by atoms with Crippen molar-refractivity contribution in [3.63, 3.8) is 0 Å². The SMILES string of the molecule is C[C@H](Cc1ccc(C2CCC(CCc3cc(F)c(Cl)c(F)c3)CC2)cc1)c1ccccc1. The van der Waals surface area contributed by atoms with Crippen LogP contribution < -0.4 is 0 Å². The van der Waals surface area contributed by atoms with Crippen molar-refractivity contribution in [1.29, 1.82) is 0 Å². The number of aryl methyl sites for hydroxylation is 1. The van der Waals surface area contributed by atoms with Crippen LogP contribution in [0.1, 0.15) is 73.1 Å². The minimum atomic E-state index is -0.660. The molecule has 0 N–H and O–H groups in total. The van der Waals surface area contributed by atoms with Gasteiger partial charge in [0.05, 0.1) is 0 Å². The summed E-state index contributed by atoms with van der Waals surface area (Å²) in [6.45, 7) is 2.29. The third kappa shape index (κ3) is 5.78. The van der Waals surface area contributed by atoms with E-state index < -0.39 is 16.7 Å². The lowest BCUT2D eigenvalue weighted by atomic mass is 9.76. The van der Waals surface area contributed by atoms with E-state index in [2.05, 4.69) is 61.5 Å². The molecule has 3 aromatic carbocycles. The molecule has 0 nitrogen and oxygen atoms in total. The molecule has 0 bridgehead atoms. The van der Waals surface area contributed by atoms with Crippen LogP contribution in [0.2, 0.25) is 5.02 Å². The van der Waals surface area contributed by atoms with Crippen molar-refractivity contribution in [3.05, 3.63) is 106 Å². The summed E-state index contributed by atoms with van der Waals surface area (Å²) in [6.07, 6.45) is 7.47. The Labute approximate surface area is 195 Å². The highest BCUT2D eigenvalue weighted by Gasteiger charge is 2.22. The molecule has 1 atom stereocenters. The lowest BCUT2D eigenvalue weighted by molar-refractivity contribution is 0.310. The number of benzene rings is 3. The predicted molar refractivity (Wildman–Crippen MR) is 129 cm³/mol. The van der Waals surface area contributed by atoms with Crippen LogP contribution in [0.25, 0.3) is 0 Å². The van der Waals surface area contributed by atoms with Crippen molar-refractivity contribution in [2.45, 2.75) is 63.7 Å². The summed E-state index contributed by atoms with van der Waals surface area (Å²) in [7, 11) is 0. The van der Waals surface area contributed by atoms with E-state index in [-0.39, 0.29) is 0 Å². The van der Waals surface area contributed by atoms with Gasteiger partial charge in [-0.15, -0.1) is 0 Å². The molecule has 32 heavy (non-hydrogen) atoms. The fourth-order valence-corrected chi connectivity index (χ4v) is 5.20. The molecule has 3 aromatic rings. The zero-order valence-corrected chi connectivity index (χ0v) is 19.4. The fraction of sp³-hybridized carbons (Fsp3) is 0.379. The van der Waals surface area contributed by atoms with Crippen molar-refractivity contribution in [2.75, 3.05) is 0 Å². The molecule has 1 aliphatic rings. The summed E-state index contributed by atoms with van der Waals surface area (Å²) < 4.78 is 27.3. The number of hydrogen-bond donors (Lipinski definition) is 0. The van der Waals surface area contributed by atoms with Crippen molar-refractivity contribution >= 4 is 11.6 Å². The average Bonchev–Trinajstić information content (AvgIpc) is 2.82. The average molecular weight is 453 g/mol. The molecule has 0 heterocycles. The Morgan fingerprint density at radius 2 is 1.47 bits per heavy atom. The maximum absolute atomic E-state index is 13.7. The Bertz CT molecular complexity index is 982. The van der Waals surface area contributed by atoms with E-state index >= 15 is 0 Å². The number of halogens is 3. The first-order valence-electron chi connectivity index (χ1n) is 11.8. The molecule has 0 amide bonds. The summed E-state index contributed by atoms with van der Waals surface area (Å²) in [4.78, 5) is 0. The van der Waals surface area contributed by atoms with Crippen LogP contribution in [0.15, 0.2) is 66.7 Å².